The quantitative estimate of drug-likeness (QED) is 0.852. The number of benzene rings is 1. The molecule has 2 rings (SSSR count). The lowest BCUT2D eigenvalue weighted by atomic mass is 10.0. The van der Waals surface area contributed by atoms with Gasteiger partial charge in [0.05, 0.1) is 5.56 Å². The molecule has 0 aliphatic rings. The lowest BCUT2D eigenvalue weighted by molar-refractivity contribution is 0.209. The minimum Gasteiger partial charge on any atom is -0.383 e. The molecule has 0 saturated heterocycles. The minimum absolute atomic E-state index is 0.288. The van der Waals surface area contributed by atoms with Crippen LogP contribution in [0.3, 0.4) is 0 Å². The molecule has 1 aromatic carbocycles. The van der Waals surface area contributed by atoms with E-state index in [2.05, 4.69) is 0 Å². The highest BCUT2D eigenvalue weighted by Crippen LogP contribution is 2.30. The summed E-state index contributed by atoms with van der Waals surface area (Å²) in [6, 6.07) is 5.24. The molecule has 1 atom stereocenters. The molecule has 1 heterocycles. The van der Waals surface area contributed by atoms with Crippen molar-refractivity contribution in [2.45, 2.75) is 13.0 Å². The van der Waals surface area contributed by atoms with E-state index >= 15 is 0 Å². The van der Waals surface area contributed by atoms with E-state index in [0.717, 1.165) is 17.0 Å². The summed E-state index contributed by atoms with van der Waals surface area (Å²) in [6.07, 6.45) is -1.24. The van der Waals surface area contributed by atoms with Crippen LogP contribution < -0.4 is 0 Å². The van der Waals surface area contributed by atoms with Gasteiger partial charge in [0.2, 0.25) is 0 Å². The molecule has 0 saturated carbocycles. The highest BCUT2D eigenvalue weighted by atomic mass is 32.1. The molecule has 16 heavy (non-hydrogen) atoms. The molecular formula is C12H10F2OS. The molecule has 1 N–H and O–H groups in total. The van der Waals surface area contributed by atoms with Crippen molar-refractivity contribution >= 4 is 11.3 Å². The van der Waals surface area contributed by atoms with Crippen molar-refractivity contribution in [1.82, 2.24) is 0 Å². The normalized spacial score (nSPS) is 12.8. The third-order valence-corrected chi connectivity index (χ3v) is 3.33. The average Bonchev–Trinajstić information content (AvgIpc) is 2.64. The van der Waals surface area contributed by atoms with Crippen molar-refractivity contribution in [2.75, 3.05) is 0 Å². The van der Waals surface area contributed by atoms with Gasteiger partial charge in [0, 0.05) is 4.88 Å². The van der Waals surface area contributed by atoms with E-state index in [0.29, 0.717) is 5.56 Å². The van der Waals surface area contributed by atoms with Gasteiger partial charge in [-0.05, 0) is 36.1 Å². The van der Waals surface area contributed by atoms with Crippen molar-refractivity contribution in [3.8, 4) is 0 Å². The van der Waals surface area contributed by atoms with Gasteiger partial charge in [0.15, 0.2) is 0 Å². The van der Waals surface area contributed by atoms with Gasteiger partial charge in [-0.2, -0.15) is 0 Å². The zero-order valence-corrected chi connectivity index (χ0v) is 9.39. The second kappa shape index (κ2) is 4.31. The van der Waals surface area contributed by atoms with Crippen LogP contribution in [0.1, 0.15) is 22.1 Å². The molecule has 0 aliphatic carbocycles. The molecule has 0 bridgehead atoms. The maximum atomic E-state index is 13.4. The molecule has 1 aromatic heterocycles. The van der Waals surface area contributed by atoms with Crippen molar-refractivity contribution < 1.29 is 13.9 Å². The first-order valence-electron chi connectivity index (χ1n) is 4.77. The smallest absolute Gasteiger partial charge is 0.132 e. The molecule has 84 valence electrons. The van der Waals surface area contributed by atoms with E-state index < -0.39 is 17.7 Å². The standard InChI is InChI=1S/C12H10F2OS/c1-7-8(5-6-16-7)12(15)11-9(13)3-2-4-10(11)14/h2-6,12,15H,1H3. The average molecular weight is 240 g/mol. The van der Waals surface area contributed by atoms with Gasteiger partial charge >= 0.3 is 0 Å². The topological polar surface area (TPSA) is 20.2 Å². The fraction of sp³-hybridized carbons (Fsp3) is 0.167. The van der Waals surface area contributed by atoms with E-state index in [4.69, 9.17) is 0 Å². The van der Waals surface area contributed by atoms with Gasteiger partial charge in [-0.25, -0.2) is 8.78 Å². The molecular weight excluding hydrogens is 230 g/mol. The summed E-state index contributed by atoms with van der Waals surface area (Å²) >= 11 is 1.43. The zero-order valence-electron chi connectivity index (χ0n) is 8.58. The number of aliphatic hydroxyl groups is 1. The van der Waals surface area contributed by atoms with Crippen molar-refractivity contribution in [3.63, 3.8) is 0 Å². The van der Waals surface area contributed by atoms with E-state index in [1.165, 1.54) is 17.4 Å². The summed E-state index contributed by atoms with van der Waals surface area (Å²) in [5.41, 5.74) is 0.262. The number of aliphatic hydroxyl groups excluding tert-OH is 1. The molecule has 2 aromatic rings. The summed E-state index contributed by atoms with van der Waals surface area (Å²) in [5.74, 6) is -1.45. The largest absolute Gasteiger partial charge is 0.383 e. The van der Waals surface area contributed by atoms with Gasteiger partial charge in [-0.15, -0.1) is 11.3 Å². The summed E-state index contributed by atoms with van der Waals surface area (Å²) in [5, 5.41) is 11.7. The van der Waals surface area contributed by atoms with E-state index in [9.17, 15) is 13.9 Å². The Bertz CT molecular complexity index is 487. The van der Waals surface area contributed by atoms with Gasteiger partial charge in [-0.3, -0.25) is 0 Å². The lowest BCUT2D eigenvalue weighted by Gasteiger charge is -2.12. The van der Waals surface area contributed by atoms with E-state index in [1.54, 1.807) is 11.4 Å². The van der Waals surface area contributed by atoms with Crippen LogP contribution in [0.25, 0.3) is 0 Å². The Morgan fingerprint density at radius 1 is 1.19 bits per heavy atom. The number of hydrogen-bond donors (Lipinski definition) is 1. The van der Waals surface area contributed by atoms with Crippen LogP contribution in [0.2, 0.25) is 0 Å². The first kappa shape index (κ1) is 11.2. The first-order chi connectivity index (χ1) is 7.61. The second-order valence-corrected chi connectivity index (χ2v) is 4.59. The highest BCUT2D eigenvalue weighted by molar-refractivity contribution is 7.10. The number of halogens is 2. The summed E-state index contributed by atoms with van der Waals surface area (Å²) in [6.45, 7) is 1.81. The molecule has 0 amide bonds. The summed E-state index contributed by atoms with van der Waals surface area (Å²) in [7, 11) is 0. The molecule has 0 aliphatic heterocycles. The van der Waals surface area contributed by atoms with E-state index in [1.807, 2.05) is 6.92 Å². The fourth-order valence-electron chi connectivity index (χ4n) is 1.61. The van der Waals surface area contributed by atoms with Gasteiger partial charge in [0.25, 0.3) is 0 Å². The Hall–Kier alpha value is -1.26. The third kappa shape index (κ3) is 1.86. The van der Waals surface area contributed by atoms with E-state index in [-0.39, 0.29) is 5.56 Å². The maximum Gasteiger partial charge on any atom is 0.132 e. The van der Waals surface area contributed by atoms with Gasteiger partial charge < -0.3 is 5.11 Å². The Morgan fingerprint density at radius 2 is 1.81 bits per heavy atom. The highest BCUT2D eigenvalue weighted by Gasteiger charge is 2.21. The van der Waals surface area contributed by atoms with Crippen molar-refractivity contribution in [3.05, 3.63) is 57.3 Å². The number of thiophene rings is 1. The second-order valence-electron chi connectivity index (χ2n) is 3.47. The number of hydrogen-bond acceptors (Lipinski definition) is 2. The van der Waals surface area contributed by atoms with Crippen LogP contribution in [-0.4, -0.2) is 5.11 Å². The minimum atomic E-state index is -1.24. The van der Waals surface area contributed by atoms with Gasteiger partial charge in [0.1, 0.15) is 17.7 Å². The molecule has 1 unspecified atom stereocenters. The summed E-state index contributed by atoms with van der Waals surface area (Å²) in [4.78, 5) is 0.857. The lowest BCUT2D eigenvalue weighted by Crippen LogP contribution is -2.05. The third-order valence-electron chi connectivity index (χ3n) is 2.47. The van der Waals surface area contributed by atoms with Crippen molar-refractivity contribution in [1.29, 1.82) is 0 Å². The van der Waals surface area contributed by atoms with Crippen LogP contribution in [0.5, 0.6) is 0 Å². The van der Waals surface area contributed by atoms with Crippen LogP contribution in [0, 0.1) is 18.6 Å². The number of aryl methyl sites for hydroxylation is 1. The van der Waals surface area contributed by atoms with Gasteiger partial charge in [-0.1, -0.05) is 6.07 Å². The maximum absolute atomic E-state index is 13.4. The predicted octanol–water partition coefficient (Wildman–Crippen LogP) is 3.42. The fourth-order valence-corrected chi connectivity index (χ4v) is 2.34. The zero-order chi connectivity index (χ0) is 11.7. The monoisotopic (exact) mass is 240 g/mol. The van der Waals surface area contributed by atoms with Crippen molar-refractivity contribution in [2.24, 2.45) is 0 Å². The predicted molar refractivity (Wildman–Crippen MR) is 59.5 cm³/mol. The molecule has 4 heteroatoms. The Morgan fingerprint density at radius 3 is 2.31 bits per heavy atom. The van der Waals surface area contributed by atoms with Crippen LogP contribution >= 0.6 is 11.3 Å². The molecule has 0 fully saturated rings. The van der Waals surface area contributed by atoms with Crippen LogP contribution in [-0.2, 0) is 0 Å². The molecule has 0 spiro atoms. The summed E-state index contributed by atoms with van der Waals surface area (Å²) < 4.78 is 26.9. The molecule has 0 radical (unpaired) electrons. The molecule has 1 nitrogen and oxygen atoms in total. The Labute approximate surface area is 96.0 Å². The SMILES string of the molecule is Cc1sccc1C(O)c1c(F)cccc1F. The first-order valence-corrected chi connectivity index (χ1v) is 5.65. The Kier molecular flexibility index (Phi) is 3.03. The van der Waals surface area contributed by atoms with Crippen LogP contribution in [0.15, 0.2) is 29.6 Å². The number of rotatable bonds is 2. The Balaban J connectivity index is 2.49. The van der Waals surface area contributed by atoms with Crippen LogP contribution in [0.4, 0.5) is 8.78 Å².